The number of aromatic nitrogens is 1. The summed E-state index contributed by atoms with van der Waals surface area (Å²) >= 11 is 0.878. The molecule has 0 radical (unpaired) electrons. The maximum Gasteiger partial charge on any atom is 0.294 e. The second kappa shape index (κ2) is 7.23. The molecule has 3 heterocycles. The molecule has 1 aromatic heterocycles. The van der Waals surface area contributed by atoms with Gasteiger partial charge in [-0.3, -0.25) is 19.3 Å². The summed E-state index contributed by atoms with van der Waals surface area (Å²) in [5.74, 6) is -0.630. The average Bonchev–Trinajstić information content (AvgIpc) is 3.15. The van der Waals surface area contributed by atoms with Crippen LogP contribution in [-0.4, -0.2) is 64.3 Å². The highest BCUT2D eigenvalue weighted by molar-refractivity contribution is 8.18. The molecule has 128 valence electrons. The number of aryl methyl sites for hydroxylation is 1. The van der Waals surface area contributed by atoms with Gasteiger partial charge in [0.15, 0.2) is 0 Å². The van der Waals surface area contributed by atoms with Gasteiger partial charge in [0.1, 0.15) is 6.54 Å². The molecule has 0 atom stereocenters. The fourth-order valence-corrected chi connectivity index (χ4v) is 3.49. The smallest absolute Gasteiger partial charge is 0.294 e. The molecule has 0 aliphatic carbocycles. The zero-order valence-corrected chi connectivity index (χ0v) is 14.3. The molecular weight excluding hydrogens is 330 g/mol. The number of hydrogen-bond donors (Lipinski definition) is 0. The number of nitrogens with zero attached hydrogens (tertiary/aromatic N) is 3. The molecule has 3 amide bonds. The molecule has 7 nitrogen and oxygen atoms in total. The zero-order chi connectivity index (χ0) is 17.1. The minimum atomic E-state index is -0.407. The summed E-state index contributed by atoms with van der Waals surface area (Å²) < 4.78 is 7.18. The standard InChI is InChI=1S/C16H19N3O4S/c1-2-17-5-3-4-12(17)10-13-15(21)19(16(22)24-13)11-14(20)18-6-8-23-9-7-18/h3-5,10H,2,6-9,11H2,1H3/b13-10+. The largest absolute Gasteiger partial charge is 0.378 e. The molecule has 2 fully saturated rings. The van der Waals surface area contributed by atoms with Gasteiger partial charge in [-0.15, -0.1) is 0 Å². The van der Waals surface area contributed by atoms with Crippen LogP contribution in [0.2, 0.25) is 0 Å². The first kappa shape index (κ1) is 16.8. The fourth-order valence-electron chi connectivity index (χ4n) is 2.66. The Bertz CT molecular complexity index is 691. The summed E-state index contributed by atoms with van der Waals surface area (Å²) in [5.41, 5.74) is 0.863. The normalized spacial score (nSPS) is 20.3. The first-order valence-electron chi connectivity index (χ1n) is 7.86. The second-order valence-electron chi connectivity index (χ2n) is 5.48. The predicted octanol–water partition coefficient (Wildman–Crippen LogP) is 1.40. The van der Waals surface area contributed by atoms with Crippen LogP contribution in [-0.2, 0) is 20.9 Å². The molecule has 2 aliphatic rings. The molecule has 2 saturated heterocycles. The molecule has 0 spiro atoms. The van der Waals surface area contributed by atoms with Crippen molar-refractivity contribution in [1.82, 2.24) is 14.4 Å². The lowest BCUT2D eigenvalue weighted by Gasteiger charge is -2.28. The van der Waals surface area contributed by atoms with Crippen molar-refractivity contribution in [1.29, 1.82) is 0 Å². The summed E-state index contributed by atoms with van der Waals surface area (Å²) in [6.45, 7) is 4.53. The Hall–Kier alpha value is -2.06. The number of thioether (sulfide) groups is 1. The van der Waals surface area contributed by atoms with Gasteiger partial charge in [0.05, 0.1) is 18.1 Å². The lowest BCUT2D eigenvalue weighted by Crippen LogP contribution is -2.46. The van der Waals surface area contributed by atoms with Crippen LogP contribution >= 0.6 is 11.8 Å². The summed E-state index contributed by atoms with van der Waals surface area (Å²) in [6.07, 6.45) is 3.62. The van der Waals surface area contributed by atoms with E-state index in [1.165, 1.54) is 0 Å². The first-order valence-corrected chi connectivity index (χ1v) is 8.68. The van der Waals surface area contributed by atoms with Crippen molar-refractivity contribution in [2.45, 2.75) is 13.5 Å². The van der Waals surface area contributed by atoms with Gasteiger partial charge in [0, 0.05) is 31.5 Å². The monoisotopic (exact) mass is 349 g/mol. The summed E-state index contributed by atoms with van der Waals surface area (Å²) in [5, 5.41) is -0.400. The van der Waals surface area contributed by atoms with E-state index in [0.717, 1.165) is 28.9 Å². The van der Waals surface area contributed by atoms with E-state index in [-0.39, 0.29) is 12.5 Å². The molecule has 0 bridgehead atoms. The molecule has 3 rings (SSSR count). The van der Waals surface area contributed by atoms with Gasteiger partial charge in [-0.05, 0) is 36.9 Å². The van der Waals surface area contributed by atoms with Gasteiger partial charge >= 0.3 is 0 Å². The van der Waals surface area contributed by atoms with E-state index in [0.29, 0.717) is 31.2 Å². The molecule has 0 aromatic carbocycles. The Kier molecular flexibility index (Phi) is 5.06. The SMILES string of the molecule is CCn1cccc1/C=C1/SC(=O)N(CC(=O)N2CCOCC2)C1=O. The predicted molar refractivity (Wildman–Crippen MR) is 90.2 cm³/mol. The highest BCUT2D eigenvalue weighted by Gasteiger charge is 2.37. The highest BCUT2D eigenvalue weighted by Crippen LogP contribution is 2.32. The fraction of sp³-hybridized carbons (Fsp3) is 0.438. The van der Waals surface area contributed by atoms with Crippen LogP contribution in [0.4, 0.5) is 4.79 Å². The number of imide groups is 1. The maximum atomic E-state index is 12.5. The van der Waals surface area contributed by atoms with Crippen LogP contribution < -0.4 is 0 Å². The third-order valence-corrected chi connectivity index (χ3v) is 4.92. The van der Waals surface area contributed by atoms with Crippen molar-refractivity contribution >= 4 is 34.9 Å². The van der Waals surface area contributed by atoms with E-state index < -0.39 is 11.1 Å². The third kappa shape index (κ3) is 3.39. The van der Waals surface area contributed by atoms with Crippen LogP contribution in [0.3, 0.4) is 0 Å². The molecular formula is C16H19N3O4S. The second-order valence-corrected chi connectivity index (χ2v) is 6.47. The van der Waals surface area contributed by atoms with E-state index in [4.69, 9.17) is 4.74 Å². The highest BCUT2D eigenvalue weighted by atomic mass is 32.2. The number of carbonyl (C=O) groups excluding carboxylic acids is 3. The quantitative estimate of drug-likeness (QED) is 0.769. The third-order valence-electron chi connectivity index (χ3n) is 4.02. The van der Waals surface area contributed by atoms with Gasteiger partial charge in [-0.25, -0.2) is 0 Å². The van der Waals surface area contributed by atoms with Gasteiger partial charge in [0.25, 0.3) is 11.1 Å². The Labute approximate surface area is 144 Å². The number of hydrogen-bond acceptors (Lipinski definition) is 5. The minimum absolute atomic E-state index is 0.212. The molecule has 8 heteroatoms. The molecule has 0 unspecified atom stereocenters. The summed E-state index contributed by atoms with van der Waals surface area (Å²) in [6, 6.07) is 3.78. The first-order chi connectivity index (χ1) is 11.6. The van der Waals surface area contributed by atoms with E-state index in [9.17, 15) is 14.4 Å². The van der Waals surface area contributed by atoms with E-state index in [2.05, 4.69) is 0 Å². The van der Waals surface area contributed by atoms with Crippen LogP contribution in [0.1, 0.15) is 12.6 Å². The van der Waals surface area contributed by atoms with E-state index in [1.54, 1.807) is 11.0 Å². The van der Waals surface area contributed by atoms with Crippen molar-refractivity contribution in [3.05, 3.63) is 28.9 Å². The van der Waals surface area contributed by atoms with Crippen molar-refractivity contribution in [3.8, 4) is 0 Å². The molecule has 0 N–H and O–H groups in total. The number of morpholine rings is 1. The Morgan fingerprint density at radius 1 is 1.33 bits per heavy atom. The Morgan fingerprint density at radius 2 is 2.08 bits per heavy atom. The average molecular weight is 349 g/mol. The Balaban J connectivity index is 1.71. The molecule has 24 heavy (non-hydrogen) atoms. The summed E-state index contributed by atoms with van der Waals surface area (Å²) in [7, 11) is 0. The zero-order valence-electron chi connectivity index (χ0n) is 13.4. The lowest BCUT2D eigenvalue weighted by molar-refractivity contribution is -0.139. The molecule has 1 aromatic rings. The van der Waals surface area contributed by atoms with Crippen LogP contribution in [0.15, 0.2) is 23.2 Å². The van der Waals surface area contributed by atoms with Crippen LogP contribution in [0, 0.1) is 0 Å². The Morgan fingerprint density at radius 3 is 2.79 bits per heavy atom. The van der Waals surface area contributed by atoms with E-state index in [1.807, 2.05) is 29.8 Å². The van der Waals surface area contributed by atoms with E-state index >= 15 is 0 Å². The maximum absolute atomic E-state index is 12.5. The number of ether oxygens (including phenoxy) is 1. The van der Waals surface area contributed by atoms with Crippen LogP contribution in [0.5, 0.6) is 0 Å². The number of rotatable bonds is 4. The van der Waals surface area contributed by atoms with Gasteiger partial charge in [0.2, 0.25) is 5.91 Å². The summed E-state index contributed by atoms with van der Waals surface area (Å²) in [4.78, 5) is 39.8. The van der Waals surface area contributed by atoms with Gasteiger partial charge < -0.3 is 14.2 Å². The molecule has 2 aliphatic heterocycles. The number of carbonyl (C=O) groups is 3. The van der Waals surface area contributed by atoms with Crippen molar-refractivity contribution in [2.75, 3.05) is 32.8 Å². The van der Waals surface area contributed by atoms with Crippen molar-refractivity contribution < 1.29 is 19.1 Å². The molecule has 0 saturated carbocycles. The minimum Gasteiger partial charge on any atom is -0.378 e. The van der Waals surface area contributed by atoms with Gasteiger partial charge in [-0.1, -0.05) is 0 Å². The topological polar surface area (TPSA) is 71.8 Å². The van der Waals surface area contributed by atoms with Crippen molar-refractivity contribution in [3.63, 3.8) is 0 Å². The number of amides is 3. The lowest BCUT2D eigenvalue weighted by atomic mass is 10.3. The van der Waals surface area contributed by atoms with Gasteiger partial charge in [-0.2, -0.15) is 0 Å². The van der Waals surface area contributed by atoms with Crippen LogP contribution in [0.25, 0.3) is 6.08 Å². The van der Waals surface area contributed by atoms with Crippen molar-refractivity contribution in [2.24, 2.45) is 0 Å².